The number of unbranched alkanes of at least 4 members (excludes halogenated alkanes) is 3. The van der Waals surface area contributed by atoms with Crippen LogP contribution < -0.4 is 9.47 Å². The van der Waals surface area contributed by atoms with Crippen molar-refractivity contribution in [1.82, 2.24) is 0 Å². The Hall–Kier alpha value is -2.55. The van der Waals surface area contributed by atoms with E-state index in [1.807, 2.05) is 54.6 Å². The lowest BCUT2D eigenvalue weighted by atomic mass is 10.0. The molecule has 0 saturated heterocycles. The molecule has 0 bridgehead atoms. The van der Waals surface area contributed by atoms with Gasteiger partial charge in [0, 0.05) is 0 Å². The quantitative estimate of drug-likeness (QED) is 0.155. The van der Waals surface area contributed by atoms with E-state index in [2.05, 4.69) is 20.8 Å². The van der Waals surface area contributed by atoms with Gasteiger partial charge in [0.05, 0.1) is 5.57 Å². The maximum absolute atomic E-state index is 12.8. The van der Waals surface area contributed by atoms with Gasteiger partial charge in [0.25, 0.3) is 0 Å². The van der Waals surface area contributed by atoms with E-state index in [9.17, 15) is 4.79 Å². The van der Waals surface area contributed by atoms with E-state index in [1.165, 1.54) is 0 Å². The molecule has 0 aliphatic carbocycles. The number of ether oxygens (including phenoxy) is 2. The predicted molar refractivity (Wildman–Crippen MR) is 110 cm³/mol. The van der Waals surface area contributed by atoms with Crippen LogP contribution in [0.1, 0.15) is 64.4 Å². The average molecular weight is 367 g/mol. The molecule has 27 heavy (non-hydrogen) atoms. The van der Waals surface area contributed by atoms with Crippen LogP contribution >= 0.6 is 0 Å². The Labute approximate surface area is 163 Å². The lowest BCUT2D eigenvalue weighted by Crippen LogP contribution is -2.14. The molecule has 0 unspecified atom stereocenters. The third-order valence-corrected chi connectivity index (χ3v) is 4.39. The van der Waals surface area contributed by atoms with Crippen molar-refractivity contribution >= 4 is 5.97 Å². The Balaban J connectivity index is 2.12. The Kier molecular flexibility index (Phi) is 8.63. The number of hydrogen-bond donors (Lipinski definition) is 0. The molecule has 0 radical (unpaired) electrons. The fourth-order valence-corrected chi connectivity index (χ4v) is 2.81. The summed E-state index contributed by atoms with van der Waals surface area (Å²) in [5.74, 6) is 1.28. The average Bonchev–Trinajstić information content (AvgIpc) is 2.68. The Morgan fingerprint density at radius 2 is 1.67 bits per heavy atom. The van der Waals surface area contributed by atoms with Gasteiger partial charge >= 0.3 is 5.97 Å². The van der Waals surface area contributed by atoms with Crippen molar-refractivity contribution in [3.05, 3.63) is 72.0 Å². The monoisotopic (exact) mass is 366 g/mol. The van der Waals surface area contributed by atoms with Crippen LogP contribution in [0.3, 0.4) is 0 Å². The fourth-order valence-electron chi connectivity index (χ4n) is 2.81. The SMILES string of the molecule is CCCCCCC(=COc1ccccc1)C(=O)Oc1ccccc1C(C)C. The zero-order chi connectivity index (χ0) is 19.5. The van der Waals surface area contributed by atoms with Crippen molar-refractivity contribution in [2.24, 2.45) is 0 Å². The van der Waals surface area contributed by atoms with Crippen LogP contribution in [0.4, 0.5) is 0 Å². The third-order valence-electron chi connectivity index (χ3n) is 4.39. The molecular weight excluding hydrogens is 336 g/mol. The number of esters is 1. The standard InChI is InChI=1S/C24H30O3/c1-4-5-6-8-13-20(18-26-21-14-9-7-10-15-21)24(25)27-23-17-12-11-16-22(23)19(2)3/h7,9-12,14-19H,4-6,8,13H2,1-3H3. The summed E-state index contributed by atoms with van der Waals surface area (Å²) in [6.45, 7) is 6.35. The van der Waals surface area contributed by atoms with Crippen molar-refractivity contribution in [3.8, 4) is 11.5 Å². The second-order valence-corrected chi connectivity index (χ2v) is 6.97. The molecule has 0 heterocycles. The molecule has 2 aromatic rings. The van der Waals surface area contributed by atoms with E-state index in [-0.39, 0.29) is 11.9 Å². The predicted octanol–water partition coefficient (Wildman–Crippen LogP) is 6.65. The van der Waals surface area contributed by atoms with Crippen LogP contribution in [-0.2, 0) is 4.79 Å². The molecule has 0 spiro atoms. The molecule has 3 nitrogen and oxygen atoms in total. The maximum Gasteiger partial charge on any atom is 0.342 e. The first-order chi connectivity index (χ1) is 13.1. The van der Waals surface area contributed by atoms with Crippen LogP contribution in [0, 0.1) is 0 Å². The highest BCUT2D eigenvalue weighted by Crippen LogP contribution is 2.27. The molecule has 0 amide bonds. The third kappa shape index (κ3) is 6.93. The van der Waals surface area contributed by atoms with Gasteiger partial charge in [-0.25, -0.2) is 4.79 Å². The van der Waals surface area contributed by atoms with Gasteiger partial charge < -0.3 is 9.47 Å². The van der Waals surface area contributed by atoms with Crippen LogP contribution in [0.5, 0.6) is 11.5 Å². The van der Waals surface area contributed by atoms with E-state index < -0.39 is 0 Å². The van der Waals surface area contributed by atoms with Crippen LogP contribution in [0.25, 0.3) is 0 Å². The van der Waals surface area contributed by atoms with Gasteiger partial charge in [0.15, 0.2) is 0 Å². The minimum atomic E-state index is -0.337. The molecule has 0 aromatic heterocycles. The molecular formula is C24H30O3. The highest BCUT2D eigenvalue weighted by atomic mass is 16.5. The number of rotatable bonds is 10. The molecule has 3 heteroatoms. The largest absolute Gasteiger partial charge is 0.464 e. The number of para-hydroxylation sites is 2. The Bertz CT molecular complexity index is 732. The molecule has 0 fully saturated rings. The van der Waals surface area contributed by atoms with Crippen molar-refractivity contribution in [1.29, 1.82) is 0 Å². The van der Waals surface area contributed by atoms with E-state index in [1.54, 1.807) is 6.26 Å². The summed E-state index contributed by atoms with van der Waals surface area (Å²) in [6, 6.07) is 17.2. The minimum absolute atomic E-state index is 0.284. The first-order valence-corrected chi connectivity index (χ1v) is 9.83. The Morgan fingerprint density at radius 3 is 2.37 bits per heavy atom. The summed E-state index contributed by atoms with van der Waals surface area (Å²) in [6.07, 6.45) is 6.55. The number of hydrogen-bond acceptors (Lipinski definition) is 3. The fraction of sp³-hybridized carbons (Fsp3) is 0.375. The minimum Gasteiger partial charge on any atom is -0.464 e. The topological polar surface area (TPSA) is 35.5 Å². The number of carbonyl (C=O) groups excluding carboxylic acids is 1. The van der Waals surface area contributed by atoms with Crippen LogP contribution in [-0.4, -0.2) is 5.97 Å². The zero-order valence-corrected chi connectivity index (χ0v) is 16.6. The van der Waals surface area contributed by atoms with E-state index in [0.29, 0.717) is 23.5 Å². The lowest BCUT2D eigenvalue weighted by Gasteiger charge is -2.14. The van der Waals surface area contributed by atoms with Gasteiger partial charge in [-0.15, -0.1) is 0 Å². The smallest absolute Gasteiger partial charge is 0.342 e. The van der Waals surface area contributed by atoms with Gasteiger partial charge in [-0.2, -0.15) is 0 Å². The highest BCUT2D eigenvalue weighted by molar-refractivity contribution is 5.90. The number of benzene rings is 2. The highest BCUT2D eigenvalue weighted by Gasteiger charge is 2.16. The second-order valence-electron chi connectivity index (χ2n) is 6.97. The van der Waals surface area contributed by atoms with Gasteiger partial charge in [0.2, 0.25) is 0 Å². The summed E-state index contributed by atoms with van der Waals surface area (Å²) in [7, 11) is 0. The summed E-state index contributed by atoms with van der Waals surface area (Å²) in [5, 5.41) is 0. The second kappa shape index (κ2) is 11.2. The van der Waals surface area contributed by atoms with Crippen LogP contribution in [0.15, 0.2) is 66.4 Å². The zero-order valence-electron chi connectivity index (χ0n) is 16.6. The summed E-state index contributed by atoms with van der Waals surface area (Å²) in [4.78, 5) is 12.8. The first kappa shape index (κ1) is 20.8. The van der Waals surface area contributed by atoms with Crippen molar-refractivity contribution in [2.75, 3.05) is 0 Å². The molecule has 144 valence electrons. The molecule has 0 N–H and O–H groups in total. The molecule has 0 atom stereocenters. The maximum atomic E-state index is 12.8. The van der Waals surface area contributed by atoms with E-state index in [0.717, 1.165) is 31.2 Å². The van der Waals surface area contributed by atoms with E-state index >= 15 is 0 Å². The summed E-state index contributed by atoms with van der Waals surface area (Å²) >= 11 is 0. The summed E-state index contributed by atoms with van der Waals surface area (Å²) < 4.78 is 11.4. The van der Waals surface area contributed by atoms with Gasteiger partial charge in [0.1, 0.15) is 17.8 Å². The molecule has 0 saturated carbocycles. The van der Waals surface area contributed by atoms with Gasteiger partial charge in [-0.1, -0.05) is 76.4 Å². The Morgan fingerprint density at radius 1 is 0.963 bits per heavy atom. The van der Waals surface area contributed by atoms with Gasteiger partial charge in [-0.05, 0) is 42.5 Å². The van der Waals surface area contributed by atoms with Crippen molar-refractivity contribution in [2.45, 2.75) is 58.8 Å². The summed E-state index contributed by atoms with van der Waals surface area (Å²) in [5.41, 5.74) is 1.59. The normalized spacial score (nSPS) is 11.5. The van der Waals surface area contributed by atoms with Crippen molar-refractivity contribution in [3.63, 3.8) is 0 Å². The van der Waals surface area contributed by atoms with Gasteiger partial charge in [-0.3, -0.25) is 0 Å². The molecule has 2 rings (SSSR count). The first-order valence-electron chi connectivity index (χ1n) is 9.83. The lowest BCUT2D eigenvalue weighted by molar-refractivity contribution is -0.130. The molecule has 0 aliphatic rings. The van der Waals surface area contributed by atoms with Crippen LogP contribution in [0.2, 0.25) is 0 Å². The molecule has 2 aromatic carbocycles. The molecule has 0 aliphatic heterocycles. The van der Waals surface area contributed by atoms with Crippen molar-refractivity contribution < 1.29 is 14.3 Å². The number of carbonyl (C=O) groups is 1. The van der Waals surface area contributed by atoms with E-state index in [4.69, 9.17) is 9.47 Å².